The van der Waals surface area contributed by atoms with Gasteiger partial charge >= 0.3 is 6.18 Å². The first-order valence-corrected chi connectivity index (χ1v) is 8.73. The minimum Gasteiger partial charge on any atom is -0.385 e. The Bertz CT molecular complexity index is 808. The number of alkyl halides is 3. The van der Waals surface area contributed by atoms with Gasteiger partial charge in [-0.1, -0.05) is 29.8 Å². The molecule has 0 aromatic heterocycles. The average molecular weight is 383 g/mol. The van der Waals surface area contributed by atoms with Crippen LogP contribution in [-0.4, -0.2) is 19.0 Å². The molecule has 0 unspecified atom stereocenters. The summed E-state index contributed by atoms with van der Waals surface area (Å²) in [4.78, 5) is 14.3. The molecule has 3 nitrogen and oxygen atoms in total. The molecular weight excluding hydrogens is 365 g/mol. The molecule has 2 aromatic rings. The van der Waals surface area contributed by atoms with Crippen LogP contribution in [-0.2, 0) is 17.4 Å². The number of carbonyl (C=O) groups excluding carboxylic acids is 1. The second kappa shape index (κ2) is 7.58. The largest absolute Gasteiger partial charge is 0.417 e. The van der Waals surface area contributed by atoms with Crippen molar-refractivity contribution in [2.24, 2.45) is 0 Å². The number of rotatable bonds is 4. The lowest BCUT2D eigenvalue weighted by molar-refractivity contribution is -0.137. The van der Waals surface area contributed by atoms with Crippen LogP contribution in [0.15, 0.2) is 42.5 Å². The van der Waals surface area contributed by atoms with E-state index in [0.29, 0.717) is 6.54 Å². The zero-order valence-electron chi connectivity index (χ0n) is 13.9. The SMILES string of the molecule is O=C(CCNc1ccc(Cl)c(C(F)(F)F)c1)N1CCCc2ccccc21. The van der Waals surface area contributed by atoms with Crippen molar-refractivity contribution in [3.8, 4) is 0 Å². The predicted octanol–water partition coefficient (Wildman–Crippen LogP) is 5.14. The van der Waals surface area contributed by atoms with Gasteiger partial charge in [0.1, 0.15) is 0 Å². The zero-order chi connectivity index (χ0) is 18.7. The Labute approximate surface area is 154 Å². The lowest BCUT2D eigenvalue weighted by atomic mass is 10.0. The van der Waals surface area contributed by atoms with E-state index in [-0.39, 0.29) is 29.6 Å². The van der Waals surface area contributed by atoms with Gasteiger partial charge in [0.15, 0.2) is 0 Å². The number of nitrogens with zero attached hydrogens (tertiary/aromatic N) is 1. The number of hydrogen-bond acceptors (Lipinski definition) is 2. The molecule has 1 N–H and O–H groups in total. The van der Waals surface area contributed by atoms with Gasteiger partial charge in [-0.25, -0.2) is 0 Å². The van der Waals surface area contributed by atoms with Gasteiger partial charge in [0.05, 0.1) is 10.6 Å². The molecule has 0 saturated heterocycles. The molecule has 1 heterocycles. The van der Waals surface area contributed by atoms with E-state index < -0.39 is 11.7 Å². The number of halogens is 4. The summed E-state index contributed by atoms with van der Waals surface area (Å²) in [6.07, 6.45) is -2.47. The third-order valence-corrected chi connectivity index (χ3v) is 4.68. The van der Waals surface area contributed by atoms with E-state index in [2.05, 4.69) is 5.32 Å². The van der Waals surface area contributed by atoms with Gasteiger partial charge in [-0.05, 0) is 42.7 Å². The summed E-state index contributed by atoms with van der Waals surface area (Å²) < 4.78 is 38.7. The third kappa shape index (κ3) is 4.12. The predicted molar refractivity (Wildman–Crippen MR) is 96.7 cm³/mol. The van der Waals surface area contributed by atoms with Crippen molar-refractivity contribution in [3.05, 3.63) is 58.6 Å². The maximum Gasteiger partial charge on any atom is 0.417 e. The lowest BCUT2D eigenvalue weighted by Crippen LogP contribution is -2.36. The number of nitrogens with one attached hydrogen (secondary N) is 1. The summed E-state index contributed by atoms with van der Waals surface area (Å²) in [6, 6.07) is 11.4. The van der Waals surface area contributed by atoms with Crippen LogP contribution in [0.1, 0.15) is 24.0 Å². The topological polar surface area (TPSA) is 32.3 Å². The van der Waals surface area contributed by atoms with Gasteiger partial charge in [-0.15, -0.1) is 0 Å². The molecule has 0 aliphatic carbocycles. The molecule has 3 rings (SSSR count). The van der Waals surface area contributed by atoms with E-state index in [1.807, 2.05) is 24.3 Å². The number of fused-ring (bicyclic) bond motifs is 1. The van der Waals surface area contributed by atoms with Crippen molar-refractivity contribution >= 4 is 28.9 Å². The number of anilines is 2. The second-order valence-corrected chi connectivity index (χ2v) is 6.55. The van der Waals surface area contributed by atoms with Gasteiger partial charge in [0.2, 0.25) is 5.91 Å². The standard InChI is InChI=1S/C19H18ClF3N2O/c20-16-8-7-14(12-15(16)19(21,22)23)24-10-9-18(26)25-11-3-5-13-4-1-2-6-17(13)25/h1-2,4,6-8,12,24H,3,5,9-11H2. The first-order valence-electron chi connectivity index (χ1n) is 8.35. The van der Waals surface area contributed by atoms with E-state index in [9.17, 15) is 18.0 Å². The molecule has 0 fully saturated rings. The van der Waals surface area contributed by atoms with Crippen LogP contribution in [0.25, 0.3) is 0 Å². The Morgan fingerprint density at radius 3 is 2.73 bits per heavy atom. The Morgan fingerprint density at radius 2 is 1.96 bits per heavy atom. The van der Waals surface area contributed by atoms with Crippen LogP contribution in [0, 0.1) is 0 Å². The number of aryl methyl sites for hydroxylation is 1. The van der Waals surface area contributed by atoms with E-state index in [1.165, 1.54) is 12.1 Å². The van der Waals surface area contributed by atoms with E-state index in [1.54, 1.807) is 4.90 Å². The highest BCUT2D eigenvalue weighted by Crippen LogP contribution is 2.36. The van der Waals surface area contributed by atoms with Crippen molar-refractivity contribution in [1.29, 1.82) is 0 Å². The summed E-state index contributed by atoms with van der Waals surface area (Å²) in [7, 11) is 0. The number of hydrogen-bond donors (Lipinski definition) is 1. The van der Waals surface area contributed by atoms with Crippen molar-refractivity contribution in [2.45, 2.75) is 25.4 Å². The fourth-order valence-electron chi connectivity index (χ4n) is 3.09. The van der Waals surface area contributed by atoms with Gasteiger partial charge in [0.25, 0.3) is 0 Å². The minimum absolute atomic E-state index is 0.0466. The van der Waals surface area contributed by atoms with E-state index in [4.69, 9.17) is 11.6 Å². The summed E-state index contributed by atoms with van der Waals surface area (Å²) in [5.41, 5.74) is 1.47. The molecule has 138 valence electrons. The van der Waals surface area contributed by atoms with Crippen molar-refractivity contribution in [3.63, 3.8) is 0 Å². The fourth-order valence-corrected chi connectivity index (χ4v) is 3.32. The van der Waals surface area contributed by atoms with Crippen LogP contribution < -0.4 is 10.2 Å². The molecule has 7 heteroatoms. The first-order chi connectivity index (χ1) is 12.4. The maximum absolute atomic E-state index is 12.9. The Morgan fingerprint density at radius 1 is 1.19 bits per heavy atom. The highest BCUT2D eigenvalue weighted by atomic mass is 35.5. The third-order valence-electron chi connectivity index (χ3n) is 4.35. The zero-order valence-corrected chi connectivity index (χ0v) is 14.7. The lowest BCUT2D eigenvalue weighted by Gasteiger charge is -2.29. The highest BCUT2D eigenvalue weighted by Gasteiger charge is 2.33. The molecule has 1 amide bonds. The molecule has 0 bridgehead atoms. The molecule has 26 heavy (non-hydrogen) atoms. The van der Waals surface area contributed by atoms with Crippen LogP contribution in [0.5, 0.6) is 0 Å². The van der Waals surface area contributed by atoms with Crippen LogP contribution in [0.3, 0.4) is 0 Å². The highest BCUT2D eigenvalue weighted by molar-refractivity contribution is 6.31. The van der Waals surface area contributed by atoms with Gasteiger partial charge in [-0.3, -0.25) is 4.79 Å². The molecule has 0 radical (unpaired) electrons. The molecule has 1 aliphatic rings. The van der Waals surface area contributed by atoms with Crippen LogP contribution in [0.2, 0.25) is 5.02 Å². The van der Waals surface area contributed by atoms with E-state index >= 15 is 0 Å². The number of amides is 1. The quantitative estimate of drug-likeness (QED) is 0.794. The normalized spacial score (nSPS) is 14.1. The Hall–Kier alpha value is -2.21. The van der Waals surface area contributed by atoms with Crippen molar-refractivity contribution in [1.82, 2.24) is 0 Å². The Kier molecular flexibility index (Phi) is 5.41. The molecule has 2 aromatic carbocycles. The Balaban J connectivity index is 1.62. The van der Waals surface area contributed by atoms with Crippen LogP contribution in [0.4, 0.5) is 24.5 Å². The summed E-state index contributed by atoms with van der Waals surface area (Å²) in [6.45, 7) is 0.908. The smallest absolute Gasteiger partial charge is 0.385 e. The average Bonchev–Trinajstić information content (AvgIpc) is 2.61. The number of para-hydroxylation sites is 1. The maximum atomic E-state index is 12.9. The van der Waals surface area contributed by atoms with Gasteiger partial charge in [-0.2, -0.15) is 13.2 Å². The monoisotopic (exact) mass is 382 g/mol. The number of benzene rings is 2. The first kappa shape index (κ1) is 18.6. The summed E-state index contributed by atoms with van der Waals surface area (Å²) in [5.74, 6) is -0.0466. The molecular formula is C19H18ClF3N2O. The molecule has 0 atom stereocenters. The van der Waals surface area contributed by atoms with Gasteiger partial charge < -0.3 is 10.2 Å². The fraction of sp³-hybridized carbons (Fsp3) is 0.316. The number of carbonyl (C=O) groups is 1. The summed E-state index contributed by atoms with van der Waals surface area (Å²) in [5, 5.41) is 2.53. The molecule has 1 aliphatic heterocycles. The van der Waals surface area contributed by atoms with E-state index in [0.717, 1.165) is 30.2 Å². The van der Waals surface area contributed by atoms with Crippen molar-refractivity contribution < 1.29 is 18.0 Å². The second-order valence-electron chi connectivity index (χ2n) is 6.15. The minimum atomic E-state index is -4.51. The molecule has 0 saturated carbocycles. The van der Waals surface area contributed by atoms with Crippen LogP contribution >= 0.6 is 11.6 Å². The van der Waals surface area contributed by atoms with Gasteiger partial charge in [0, 0.05) is 30.9 Å². The molecule has 0 spiro atoms. The summed E-state index contributed by atoms with van der Waals surface area (Å²) >= 11 is 5.61. The van der Waals surface area contributed by atoms with Crippen molar-refractivity contribution in [2.75, 3.05) is 23.3 Å².